The first-order chi connectivity index (χ1) is 31.7. The molecule has 2 heterocycles. The molecule has 2 fully saturated rings. The lowest BCUT2D eigenvalue weighted by Crippen LogP contribution is -2.74. The number of likely N-dealkylation sites (tertiary alicyclic amines) is 1. The van der Waals surface area contributed by atoms with Crippen molar-refractivity contribution in [1.29, 1.82) is 0 Å². The van der Waals surface area contributed by atoms with E-state index in [0.717, 1.165) is 27.9 Å². The van der Waals surface area contributed by atoms with E-state index in [-0.39, 0.29) is 53.0 Å². The molecule has 4 aromatic carbocycles. The average Bonchev–Trinajstić information content (AvgIpc) is 3.98. The third-order valence-electron chi connectivity index (χ3n) is 13.2. The van der Waals surface area contributed by atoms with Gasteiger partial charge in [-0.3, -0.25) is 19.2 Å². The number of halogens is 1. The lowest BCUT2D eigenvalue weighted by atomic mass is 9.49. The minimum Gasteiger partial charge on any atom is -0.494 e. The molecule has 1 saturated carbocycles. The van der Waals surface area contributed by atoms with Crippen molar-refractivity contribution in [3.63, 3.8) is 0 Å². The number of aromatic nitrogens is 1. The first-order valence-corrected chi connectivity index (χ1v) is 23.3. The van der Waals surface area contributed by atoms with Crippen LogP contribution in [0.15, 0.2) is 102 Å². The number of aryl methyl sites for hydroxylation is 1. The molecule has 4 amide bonds. The number of benzene rings is 4. The fourth-order valence-corrected chi connectivity index (χ4v) is 9.89. The molecule has 0 spiro atoms. The van der Waals surface area contributed by atoms with Gasteiger partial charge in [0.1, 0.15) is 29.7 Å². The number of oxazole rings is 1. The van der Waals surface area contributed by atoms with E-state index in [9.17, 15) is 19.2 Å². The number of hydrogen-bond donors (Lipinski definition) is 4. The number of nitrogens with zero attached hydrogens (tertiary/aromatic N) is 2. The van der Waals surface area contributed by atoms with Gasteiger partial charge in [0.05, 0.1) is 23.0 Å². The van der Waals surface area contributed by atoms with Gasteiger partial charge in [0, 0.05) is 53.6 Å². The molecule has 2 atom stereocenters. The van der Waals surface area contributed by atoms with Crippen LogP contribution in [0.25, 0.3) is 22.5 Å². The molecule has 67 heavy (non-hydrogen) atoms. The molecule has 1 aliphatic carbocycles. The van der Waals surface area contributed by atoms with Crippen molar-refractivity contribution in [3.05, 3.63) is 119 Å². The van der Waals surface area contributed by atoms with Crippen LogP contribution in [0.5, 0.6) is 11.5 Å². The zero-order valence-corrected chi connectivity index (χ0v) is 40.5. The standard InChI is InChI=1S/C53H63ClN6O7/c1-32-44(66-31-57-32)36-15-13-33(14-16-36)30-56-47(63)42-11-9-27-60(42)48(64)45(51(2,3)4)58-43(61)12-10-28-65-38-23-21-35(22-24-38)34-17-19-37(20-18-34)46(62)59-49-52(5,6)50(53(49,7)8)67-39-25-26-41(55)40(54)29-39/h13-26,29,31,42,45,49-50H,9-12,27-28,30,55H2,1-8H3,(H,56,63)(H,58,61)(H,59,62)/t42-,45+,49-,50-/m0/s1. The van der Waals surface area contributed by atoms with E-state index in [1.807, 2.05) is 107 Å². The van der Waals surface area contributed by atoms with Crippen molar-refractivity contribution < 1.29 is 33.1 Å². The monoisotopic (exact) mass is 930 g/mol. The van der Waals surface area contributed by atoms with Gasteiger partial charge in [-0.2, -0.15) is 0 Å². The number of nitrogens with two attached hydrogens (primary N) is 1. The molecule has 0 radical (unpaired) electrons. The summed E-state index contributed by atoms with van der Waals surface area (Å²) in [5.74, 6) is 1.12. The van der Waals surface area contributed by atoms with Crippen LogP contribution >= 0.6 is 11.6 Å². The molecule has 7 rings (SSSR count). The molecule has 354 valence electrons. The first-order valence-electron chi connectivity index (χ1n) is 23.0. The molecule has 2 aliphatic rings. The second kappa shape index (κ2) is 19.9. The largest absolute Gasteiger partial charge is 0.494 e. The minimum atomic E-state index is -0.811. The second-order valence-electron chi connectivity index (χ2n) is 20.0. The van der Waals surface area contributed by atoms with E-state index in [4.69, 9.17) is 31.2 Å². The van der Waals surface area contributed by atoms with Gasteiger partial charge in [0.2, 0.25) is 17.7 Å². The predicted molar refractivity (Wildman–Crippen MR) is 260 cm³/mol. The Morgan fingerprint density at radius 1 is 0.896 bits per heavy atom. The number of anilines is 1. The topological polar surface area (TPSA) is 178 Å². The van der Waals surface area contributed by atoms with Gasteiger partial charge in [0.15, 0.2) is 12.2 Å². The van der Waals surface area contributed by atoms with Crippen LogP contribution in [0, 0.1) is 23.2 Å². The number of ether oxygens (including phenoxy) is 2. The van der Waals surface area contributed by atoms with Crippen LogP contribution in [-0.4, -0.2) is 70.9 Å². The number of nitrogens with one attached hydrogen (secondary N) is 3. The van der Waals surface area contributed by atoms with Crippen molar-refractivity contribution in [3.8, 4) is 33.9 Å². The molecule has 5 aromatic rings. The van der Waals surface area contributed by atoms with E-state index in [2.05, 4.69) is 48.6 Å². The summed E-state index contributed by atoms with van der Waals surface area (Å²) in [6.07, 6.45) is 3.11. The highest BCUT2D eigenvalue weighted by molar-refractivity contribution is 6.33. The van der Waals surface area contributed by atoms with Gasteiger partial charge in [-0.15, -0.1) is 0 Å². The van der Waals surface area contributed by atoms with Crippen molar-refractivity contribution in [2.24, 2.45) is 16.2 Å². The number of nitrogen functional groups attached to an aromatic ring is 1. The SMILES string of the molecule is Cc1ncoc1-c1ccc(CNC(=O)[C@@H]2CCCN2C(=O)[C@@H](NC(=O)CCCOc2ccc(-c3ccc(C(=O)N[C@H]4C(C)(C)[C@H](Oc5ccc(N)c(Cl)c5)C4(C)C)cc3)cc2)C(C)(C)C)cc1. The lowest BCUT2D eigenvalue weighted by Gasteiger charge is -2.63. The van der Waals surface area contributed by atoms with Gasteiger partial charge < -0.3 is 40.5 Å². The highest BCUT2D eigenvalue weighted by atomic mass is 35.5. The second-order valence-corrected chi connectivity index (χ2v) is 20.4. The number of carbonyl (C=O) groups excluding carboxylic acids is 4. The van der Waals surface area contributed by atoms with Gasteiger partial charge in [-0.25, -0.2) is 4.98 Å². The molecule has 14 heteroatoms. The zero-order valence-electron chi connectivity index (χ0n) is 39.7. The van der Waals surface area contributed by atoms with Gasteiger partial charge in [-0.05, 0) is 84.7 Å². The van der Waals surface area contributed by atoms with Crippen LogP contribution in [-0.2, 0) is 20.9 Å². The molecule has 1 aromatic heterocycles. The van der Waals surface area contributed by atoms with Crippen molar-refractivity contribution in [2.75, 3.05) is 18.9 Å². The third kappa shape index (κ3) is 10.9. The lowest BCUT2D eigenvalue weighted by molar-refractivity contribution is -0.164. The molecule has 0 unspecified atom stereocenters. The molecule has 13 nitrogen and oxygen atoms in total. The smallest absolute Gasteiger partial charge is 0.251 e. The number of carbonyl (C=O) groups is 4. The Balaban J connectivity index is 0.849. The van der Waals surface area contributed by atoms with Crippen LogP contribution < -0.4 is 31.2 Å². The van der Waals surface area contributed by atoms with Gasteiger partial charge in [-0.1, -0.05) is 109 Å². The number of rotatable bonds is 16. The molecule has 0 bridgehead atoms. The summed E-state index contributed by atoms with van der Waals surface area (Å²) in [5.41, 5.74) is 10.2. The summed E-state index contributed by atoms with van der Waals surface area (Å²) >= 11 is 6.23. The van der Waals surface area contributed by atoms with E-state index in [0.29, 0.717) is 72.5 Å². The van der Waals surface area contributed by atoms with E-state index in [1.54, 1.807) is 17.0 Å². The summed E-state index contributed by atoms with van der Waals surface area (Å²) in [6, 6.07) is 26.6. The van der Waals surface area contributed by atoms with Gasteiger partial charge >= 0.3 is 0 Å². The van der Waals surface area contributed by atoms with E-state index >= 15 is 0 Å². The van der Waals surface area contributed by atoms with Crippen molar-refractivity contribution in [2.45, 2.75) is 112 Å². The van der Waals surface area contributed by atoms with Crippen LogP contribution in [0.2, 0.25) is 5.02 Å². The minimum absolute atomic E-state index is 0.138. The van der Waals surface area contributed by atoms with Crippen molar-refractivity contribution >= 4 is 40.9 Å². The average molecular weight is 932 g/mol. The molecule has 1 saturated heterocycles. The van der Waals surface area contributed by atoms with Gasteiger partial charge in [0.25, 0.3) is 5.91 Å². The highest BCUT2D eigenvalue weighted by Crippen LogP contribution is 2.55. The Hall–Kier alpha value is -6.34. The fourth-order valence-electron chi connectivity index (χ4n) is 9.72. The summed E-state index contributed by atoms with van der Waals surface area (Å²) in [5, 5.41) is 9.68. The van der Waals surface area contributed by atoms with E-state index in [1.165, 1.54) is 6.39 Å². The summed E-state index contributed by atoms with van der Waals surface area (Å²) < 4.78 is 17.8. The molecule has 5 N–H and O–H groups in total. The quantitative estimate of drug-likeness (QED) is 0.0555. The van der Waals surface area contributed by atoms with Crippen LogP contribution in [0.4, 0.5) is 5.69 Å². The summed E-state index contributed by atoms with van der Waals surface area (Å²) in [4.78, 5) is 59.9. The van der Waals surface area contributed by atoms with Crippen LogP contribution in [0.1, 0.15) is 95.8 Å². The Bertz CT molecular complexity index is 2550. The summed E-state index contributed by atoms with van der Waals surface area (Å²) in [6.45, 7) is 17.0. The molecule has 1 aliphatic heterocycles. The maximum Gasteiger partial charge on any atom is 0.251 e. The maximum absolute atomic E-state index is 14.0. The predicted octanol–water partition coefficient (Wildman–Crippen LogP) is 9.16. The van der Waals surface area contributed by atoms with E-state index < -0.39 is 17.5 Å². The third-order valence-corrected chi connectivity index (χ3v) is 13.5. The van der Waals surface area contributed by atoms with Crippen molar-refractivity contribution in [1.82, 2.24) is 25.8 Å². The fraction of sp³-hybridized carbons (Fsp3) is 0.415. The maximum atomic E-state index is 14.0. The first kappa shape index (κ1) is 48.6. The molecular formula is C53H63ClN6O7. The normalized spacial score (nSPS) is 18.9. The molecular weight excluding hydrogens is 868 g/mol. The number of amides is 4. The Kier molecular flexibility index (Phi) is 14.4. The Morgan fingerprint density at radius 3 is 2.13 bits per heavy atom. The Labute approximate surface area is 398 Å². The Morgan fingerprint density at radius 2 is 1.52 bits per heavy atom. The highest BCUT2D eigenvalue weighted by Gasteiger charge is 2.64. The number of hydrogen-bond acceptors (Lipinski definition) is 9. The zero-order chi connectivity index (χ0) is 48.3. The van der Waals surface area contributed by atoms with Crippen LogP contribution in [0.3, 0.4) is 0 Å². The summed E-state index contributed by atoms with van der Waals surface area (Å²) in [7, 11) is 0.